The molecule has 0 aliphatic rings. The van der Waals surface area contributed by atoms with Gasteiger partial charge in [-0.05, 0) is 26.7 Å². The van der Waals surface area contributed by atoms with Crippen LogP contribution >= 0.6 is 11.6 Å². The molecule has 15 heavy (non-hydrogen) atoms. The van der Waals surface area contributed by atoms with Crippen molar-refractivity contribution in [3.05, 3.63) is 0 Å². The van der Waals surface area contributed by atoms with Crippen LogP contribution in [0.25, 0.3) is 0 Å². The van der Waals surface area contributed by atoms with Crippen molar-refractivity contribution in [3.63, 3.8) is 0 Å². The van der Waals surface area contributed by atoms with Crippen LogP contribution in [-0.4, -0.2) is 30.0 Å². The molecule has 0 saturated heterocycles. The van der Waals surface area contributed by atoms with Crippen LogP contribution in [0.3, 0.4) is 0 Å². The number of hydrogen-bond donors (Lipinski definition) is 1. The smallest absolute Gasteiger partial charge is 0.246 e. The number of nitrogens with one attached hydrogen (secondary N) is 1. The van der Waals surface area contributed by atoms with Crippen LogP contribution in [0.4, 0.5) is 0 Å². The highest BCUT2D eigenvalue weighted by Gasteiger charge is 2.26. The van der Waals surface area contributed by atoms with Gasteiger partial charge in [0.15, 0.2) is 0 Å². The number of hydrogen-bond acceptors (Lipinski definition) is 2. The minimum atomic E-state index is -0.279. The molecular formula is C11H22ClNO2. The first-order valence-corrected chi connectivity index (χ1v) is 6.01. The molecule has 0 aliphatic heterocycles. The van der Waals surface area contributed by atoms with Crippen molar-refractivity contribution in [3.8, 4) is 0 Å². The number of rotatable bonds is 7. The highest BCUT2D eigenvalue weighted by molar-refractivity contribution is 6.18. The van der Waals surface area contributed by atoms with E-state index in [2.05, 4.69) is 5.32 Å². The van der Waals surface area contributed by atoms with Gasteiger partial charge in [-0.1, -0.05) is 13.8 Å². The number of halogens is 1. The predicted octanol–water partition coefficient (Wildman–Crippen LogP) is 2.33. The van der Waals surface area contributed by atoms with Crippen LogP contribution in [-0.2, 0) is 9.53 Å². The molecule has 1 N–H and O–H groups in total. The second-order valence-corrected chi connectivity index (χ2v) is 4.30. The molecule has 0 spiro atoms. The van der Waals surface area contributed by atoms with E-state index in [1.54, 1.807) is 0 Å². The van der Waals surface area contributed by atoms with Gasteiger partial charge in [-0.3, -0.25) is 4.79 Å². The van der Waals surface area contributed by atoms with Gasteiger partial charge in [-0.2, -0.15) is 0 Å². The summed E-state index contributed by atoms with van der Waals surface area (Å²) in [6, 6.07) is 0. The zero-order chi connectivity index (χ0) is 11.9. The number of alkyl halides is 1. The van der Waals surface area contributed by atoms with Crippen LogP contribution in [0.5, 0.6) is 0 Å². The normalized spacial score (nSPS) is 11.9. The van der Waals surface area contributed by atoms with Crippen LogP contribution in [0.2, 0.25) is 0 Å². The molecule has 0 rings (SSSR count). The molecule has 0 fully saturated rings. The van der Waals surface area contributed by atoms with Crippen molar-refractivity contribution < 1.29 is 9.53 Å². The molecule has 0 atom stereocenters. The van der Waals surface area contributed by atoms with Crippen molar-refractivity contribution in [2.45, 2.75) is 52.2 Å². The van der Waals surface area contributed by atoms with Gasteiger partial charge in [0.2, 0.25) is 5.91 Å². The summed E-state index contributed by atoms with van der Waals surface area (Å²) in [6.45, 7) is 7.96. The lowest BCUT2D eigenvalue weighted by molar-refractivity contribution is -0.129. The van der Waals surface area contributed by atoms with Gasteiger partial charge >= 0.3 is 0 Å². The molecule has 4 heteroatoms. The minimum absolute atomic E-state index is 0.0735. The number of ether oxygens (including phenoxy) is 1. The van der Waals surface area contributed by atoms with E-state index >= 15 is 0 Å². The predicted molar refractivity (Wildman–Crippen MR) is 63.3 cm³/mol. The number of carbonyl (C=O) groups is 1. The van der Waals surface area contributed by atoms with E-state index in [4.69, 9.17) is 16.3 Å². The maximum absolute atomic E-state index is 11.5. The van der Waals surface area contributed by atoms with E-state index in [0.717, 1.165) is 12.8 Å². The maximum atomic E-state index is 11.5. The SMILES string of the molecule is CCC(CC)(CCl)NC(=O)COC(C)C. The van der Waals surface area contributed by atoms with Gasteiger partial charge < -0.3 is 10.1 Å². The molecule has 0 heterocycles. The summed E-state index contributed by atoms with van der Waals surface area (Å²) in [7, 11) is 0. The molecular weight excluding hydrogens is 214 g/mol. The summed E-state index contributed by atoms with van der Waals surface area (Å²) in [5, 5.41) is 2.94. The number of amides is 1. The topological polar surface area (TPSA) is 38.3 Å². The summed E-state index contributed by atoms with van der Waals surface area (Å²) < 4.78 is 5.23. The molecule has 90 valence electrons. The van der Waals surface area contributed by atoms with E-state index in [0.29, 0.717) is 5.88 Å². The van der Waals surface area contributed by atoms with Crippen molar-refractivity contribution in [1.82, 2.24) is 5.32 Å². The van der Waals surface area contributed by atoms with E-state index in [1.807, 2.05) is 27.7 Å². The average Bonchev–Trinajstić information content (AvgIpc) is 2.23. The Kier molecular flexibility index (Phi) is 6.94. The first-order valence-electron chi connectivity index (χ1n) is 5.48. The Hall–Kier alpha value is -0.280. The Balaban J connectivity index is 4.11. The molecule has 0 radical (unpaired) electrons. The molecule has 0 aliphatic carbocycles. The first-order chi connectivity index (χ1) is 6.99. The highest BCUT2D eigenvalue weighted by Crippen LogP contribution is 2.16. The lowest BCUT2D eigenvalue weighted by Gasteiger charge is -2.30. The molecule has 0 aromatic rings. The molecule has 0 unspecified atom stereocenters. The standard InChI is InChI=1S/C11H22ClNO2/c1-5-11(6-2,8-12)13-10(14)7-15-9(3)4/h9H,5-8H2,1-4H3,(H,13,14). The third-order valence-electron chi connectivity index (χ3n) is 2.56. The zero-order valence-corrected chi connectivity index (χ0v) is 10.9. The van der Waals surface area contributed by atoms with Gasteiger partial charge in [0.1, 0.15) is 6.61 Å². The summed E-state index contributed by atoms with van der Waals surface area (Å²) >= 11 is 5.88. The Morgan fingerprint density at radius 2 is 1.93 bits per heavy atom. The molecule has 0 aromatic heterocycles. The van der Waals surface area contributed by atoms with Gasteiger partial charge in [-0.25, -0.2) is 0 Å². The molecule has 0 aromatic carbocycles. The maximum Gasteiger partial charge on any atom is 0.246 e. The van der Waals surface area contributed by atoms with Crippen molar-refractivity contribution in [2.75, 3.05) is 12.5 Å². The number of carbonyl (C=O) groups excluding carboxylic acids is 1. The quantitative estimate of drug-likeness (QED) is 0.688. The minimum Gasteiger partial charge on any atom is -0.369 e. The molecule has 0 saturated carbocycles. The fourth-order valence-corrected chi connectivity index (χ4v) is 1.67. The Bertz CT molecular complexity index is 183. The van der Waals surface area contributed by atoms with E-state index in [1.165, 1.54) is 0 Å². The van der Waals surface area contributed by atoms with E-state index < -0.39 is 0 Å². The molecule has 0 bridgehead atoms. The average molecular weight is 236 g/mol. The third kappa shape index (κ3) is 5.38. The fraction of sp³-hybridized carbons (Fsp3) is 0.909. The first kappa shape index (κ1) is 14.7. The fourth-order valence-electron chi connectivity index (χ4n) is 1.22. The Morgan fingerprint density at radius 3 is 2.27 bits per heavy atom. The Labute approximate surface area is 97.5 Å². The lowest BCUT2D eigenvalue weighted by atomic mass is 9.95. The summed E-state index contributed by atoms with van der Waals surface area (Å²) in [4.78, 5) is 11.5. The second-order valence-electron chi connectivity index (χ2n) is 4.03. The van der Waals surface area contributed by atoms with Crippen LogP contribution < -0.4 is 5.32 Å². The molecule has 3 nitrogen and oxygen atoms in total. The van der Waals surface area contributed by atoms with Crippen LogP contribution in [0.1, 0.15) is 40.5 Å². The van der Waals surface area contributed by atoms with Gasteiger partial charge in [0.25, 0.3) is 0 Å². The van der Waals surface area contributed by atoms with Gasteiger partial charge in [0.05, 0.1) is 11.6 Å². The van der Waals surface area contributed by atoms with Crippen molar-refractivity contribution in [2.24, 2.45) is 0 Å². The summed E-state index contributed by atoms with van der Waals surface area (Å²) in [5.41, 5.74) is -0.279. The monoisotopic (exact) mass is 235 g/mol. The largest absolute Gasteiger partial charge is 0.369 e. The summed E-state index contributed by atoms with van der Waals surface area (Å²) in [6.07, 6.45) is 1.74. The summed E-state index contributed by atoms with van der Waals surface area (Å²) in [5.74, 6) is 0.348. The lowest BCUT2D eigenvalue weighted by Crippen LogP contribution is -2.50. The highest BCUT2D eigenvalue weighted by atomic mass is 35.5. The van der Waals surface area contributed by atoms with Gasteiger partial charge in [-0.15, -0.1) is 11.6 Å². The van der Waals surface area contributed by atoms with Crippen LogP contribution in [0.15, 0.2) is 0 Å². The molecule has 1 amide bonds. The van der Waals surface area contributed by atoms with E-state index in [9.17, 15) is 4.79 Å². The third-order valence-corrected chi connectivity index (χ3v) is 3.07. The zero-order valence-electron chi connectivity index (χ0n) is 10.1. The second kappa shape index (κ2) is 7.07. The van der Waals surface area contributed by atoms with Crippen LogP contribution in [0, 0.1) is 0 Å². The van der Waals surface area contributed by atoms with Crippen molar-refractivity contribution in [1.29, 1.82) is 0 Å². The van der Waals surface area contributed by atoms with E-state index in [-0.39, 0.29) is 24.2 Å². The van der Waals surface area contributed by atoms with Gasteiger partial charge in [0, 0.05) is 5.88 Å². The Morgan fingerprint density at radius 1 is 1.40 bits per heavy atom. The van der Waals surface area contributed by atoms with Crippen molar-refractivity contribution >= 4 is 17.5 Å².